The highest BCUT2D eigenvalue weighted by atomic mass is 19.1. The van der Waals surface area contributed by atoms with Crippen molar-refractivity contribution in [1.29, 1.82) is 0 Å². The van der Waals surface area contributed by atoms with Crippen LogP contribution in [0.15, 0.2) is 42.5 Å². The number of benzene rings is 2. The van der Waals surface area contributed by atoms with E-state index in [2.05, 4.69) is 29.7 Å². The number of amides is 2. The number of carbonyl (C=O) groups excluding carboxylic acids is 2. The number of aliphatic hydroxyl groups excluding tert-OH is 1. The third-order valence-corrected chi connectivity index (χ3v) is 7.64. The fourth-order valence-corrected chi connectivity index (χ4v) is 5.30. The van der Waals surface area contributed by atoms with Crippen LogP contribution in [0.1, 0.15) is 62.6 Å². The van der Waals surface area contributed by atoms with Gasteiger partial charge < -0.3 is 30.1 Å². The first-order valence-electron chi connectivity index (χ1n) is 15.3. The quantitative estimate of drug-likeness (QED) is 0.390. The summed E-state index contributed by atoms with van der Waals surface area (Å²) < 4.78 is 25.8. The van der Waals surface area contributed by atoms with Crippen LogP contribution in [0.25, 0.3) is 0 Å². The van der Waals surface area contributed by atoms with Crippen LogP contribution in [0.3, 0.4) is 0 Å². The van der Waals surface area contributed by atoms with Crippen molar-refractivity contribution in [3.05, 3.63) is 65.0 Å². The highest BCUT2D eigenvalue weighted by Gasteiger charge is 2.28. The van der Waals surface area contributed by atoms with Crippen LogP contribution in [0.2, 0.25) is 0 Å². The first kappa shape index (κ1) is 33.5. The molecule has 0 fully saturated rings. The van der Waals surface area contributed by atoms with Crippen LogP contribution >= 0.6 is 0 Å². The lowest BCUT2D eigenvalue weighted by atomic mass is 9.97. The number of hydrogen-bond acceptors (Lipinski definition) is 6. The second-order valence-corrected chi connectivity index (χ2v) is 11.1. The van der Waals surface area contributed by atoms with Gasteiger partial charge in [-0.1, -0.05) is 38.1 Å². The number of fused-ring (bicyclic) bond motifs is 2. The van der Waals surface area contributed by atoms with Gasteiger partial charge in [-0.3, -0.25) is 9.59 Å². The molecule has 2 bridgehead atoms. The molecular weight excluding hydrogens is 537 g/mol. The van der Waals surface area contributed by atoms with Crippen LogP contribution in [-0.4, -0.2) is 73.9 Å². The summed E-state index contributed by atoms with van der Waals surface area (Å²) in [5, 5.41) is 17.5. The van der Waals surface area contributed by atoms with Crippen molar-refractivity contribution in [3.8, 4) is 5.75 Å². The van der Waals surface area contributed by atoms with Gasteiger partial charge in [-0.25, -0.2) is 4.39 Å². The molecule has 1 aliphatic rings. The first-order valence-corrected chi connectivity index (χ1v) is 15.3. The van der Waals surface area contributed by atoms with E-state index in [-0.39, 0.29) is 37.8 Å². The Labute approximate surface area is 250 Å². The normalized spacial score (nSPS) is 20.0. The monoisotopic (exact) mass is 585 g/mol. The molecule has 0 saturated heterocycles. The summed E-state index contributed by atoms with van der Waals surface area (Å²) >= 11 is 0. The molecule has 0 aromatic heterocycles. The van der Waals surface area contributed by atoms with E-state index in [9.17, 15) is 19.1 Å². The molecule has 0 spiro atoms. The molecule has 2 aromatic rings. The number of rotatable bonds is 10. The van der Waals surface area contributed by atoms with Gasteiger partial charge in [0, 0.05) is 45.8 Å². The minimum atomic E-state index is -0.956. The third-order valence-electron chi connectivity index (χ3n) is 7.64. The zero-order chi connectivity index (χ0) is 30.3. The van der Waals surface area contributed by atoms with E-state index in [1.54, 1.807) is 6.07 Å². The van der Waals surface area contributed by atoms with Crippen molar-refractivity contribution >= 4 is 11.8 Å². The molecule has 1 unspecified atom stereocenters. The van der Waals surface area contributed by atoms with Crippen LogP contribution in [0.4, 0.5) is 4.39 Å². The molecule has 2 amide bonds. The molecule has 9 heteroatoms. The zero-order valence-electron chi connectivity index (χ0n) is 25.4. The fraction of sp³-hybridized carbons (Fsp3) is 0.576. The van der Waals surface area contributed by atoms with E-state index in [1.165, 1.54) is 24.8 Å². The maximum absolute atomic E-state index is 14.6. The first-order chi connectivity index (χ1) is 20.3. The largest absolute Gasteiger partial charge is 0.493 e. The predicted octanol–water partition coefficient (Wildman–Crippen LogP) is 4.02. The lowest BCUT2D eigenvalue weighted by Crippen LogP contribution is -2.50. The molecule has 0 radical (unpaired) electrons. The van der Waals surface area contributed by atoms with E-state index in [4.69, 9.17) is 9.47 Å². The average Bonchev–Trinajstić information content (AvgIpc) is 2.97. The number of aliphatic hydroxyl groups is 1. The number of carbonyl (C=O) groups is 2. The molecule has 3 N–H and O–H groups in total. The van der Waals surface area contributed by atoms with Gasteiger partial charge in [0.1, 0.15) is 11.6 Å². The molecule has 0 aliphatic carbocycles. The summed E-state index contributed by atoms with van der Waals surface area (Å²) in [6, 6.07) is 12.1. The Bertz CT molecular complexity index is 1130. The number of methoxy groups -OCH3 is 1. The highest BCUT2D eigenvalue weighted by molar-refractivity contribution is 5.81. The summed E-state index contributed by atoms with van der Waals surface area (Å²) in [4.78, 5) is 28.4. The van der Waals surface area contributed by atoms with Crippen LogP contribution in [0, 0.1) is 11.7 Å². The molecule has 3 rings (SSSR count). The van der Waals surface area contributed by atoms with Crippen molar-refractivity contribution in [1.82, 2.24) is 15.5 Å². The Morgan fingerprint density at radius 1 is 1.17 bits per heavy atom. The van der Waals surface area contributed by atoms with Gasteiger partial charge in [0.2, 0.25) is 11.8 Å². The average molecular weight is 586 g/mol. The lowest BCUT2D eigenvalue weighted by Gasteiger charge is -2.27. The van der Waals surface area contributed by atoms with Crippen LogP contribution in [-0.2, 0) is 33.7 Å². The highest BCUT2D eigenvalue weighted by Crippen LogP contribution is 2.20. The SMILES string of the molecule is CCCN1CCCCOc2cc(F)cc(c2)C[C@@H]([C@H](O)CNCc2cccc(CC)c2)NC(=O)C(COC)CCC1=O. The van der Waals surface area contributed by atoms with Gasteiger partial charge in [-0.2, -0.15) is 0 Å². The van der Waals surface area contributed by atoms with Crippen molar-refractivity contribution in [2.75, 3.05) is 40.0 Å². The molecule has 2 aromatic carbocycles. The van der Waals surface area contributed by atoms with E-state index >= 15 is 0 Å². The van der Waals surface area contributed by atoms with Crippen LogP contribution in [0.5, 0.6) is 5.75 Å². The molecule has 232 valence electrons. The third kappa shape index (κ3) is 11.0. The maximum atomic E-state index is 14.6. The summed E-state index contributed by atoms with van der Waals surface area (Å²) in [6.07, 6.45) is 3.08. The predicted molar refractivity (Wildman–Crippen MR) is 162 cm³/mol. The fourth-order valence-electron chi connectivity index (χ4n) is 5.30. The summed E-state index contributed by atoms with van der Waals surface area (Å²) in [7, 11) is 1.53. The molecule has 1 aliphatic heterocycles. The Balaban J connectivity index is 1.80. The maximum Gasteiger partial charge on any atom is 0.225 e. The van der Waals surface area contributed by atoms with Gasteiger partial charge in [-0.15, -0.1) is 0 Å². The van der Waals surface area contributed by atoms with Gasteiger partial charge in [0.25, 0.3) is 0 Å². The van der Waals surface area contributed by atoms with Crippen molar-refractivity contribution in [3.63, 3.8) is 0 Å². The van der Waals surface area contributed by atoms with Gasteiger partial charge in [0.15, 0.2) is 0 Å². The topological polar surface area (TPSA) is 100 Å². The van der Waals surface area contributed by atoms with Crippen molar-refractivity contribution in [2.24, 2.45) is 5.92 Å². The zero-order valence-corrected chi connectivity index (χ0v) is 25.4. The van der Waals surface area contributed by atoms with E-state index in [1.807, 2.05) is 24.0 Å². The molecule has 0 saturated carbocycles. The smallest absolute Gasteiger partial charge is 0.225 e. The van der Waals surface area contributed by atoms with Crippen molar-refractivity contribution < 1.29 is 28.6 Å². The molecular formula is C33H48FN3O5. The van der Waals surface area contributed by atoms with Gasteiger partial charge in [-0.05, 0) is 67.3 Å². The number of aryl methyl sites for hydroxylation is 1. The van der Waals surface area contributed by atoms with Gasteiger partial charge >= 0.3 is 0 Å². The number of nitrogens with one attached hydrogen (secondary N) is 2. The minimum absolute atomic E-state index is 0.0117. The number of halogens is 1. The number of ether oxygens (including phenoxy) is 2. The molecule has 8 nitrogen and oxygen atoms in total. The summed E-state index contributed by atoms with van der Waals surface area (Å²) in [6.45, 7) is 6.73. The Kier molecular flexibility index (Phi) is 14.2. The van der Waals surface area contributed by atoms with E-state index in [0.29, 0.717) is 44.0 Å². The number of nitrogens with zero attached hydrogens (tertiary/aromatic N) is 1. The minimum Gasteiger partial charge on any atom is -0.493 e. The Morgan fingerprint density at radius 2 is 1.98 bits per heavy atom. The second kappa shape index (κ2) is 17.8. The lowest BCUT2D eigenvalue weighted by molar-refractivity contribution is -0.133. The summed E-state index contributed by atoms with van der Waals surface area (Å²) in [5.41, 5.74) is 2.95. The molecule has 1 heterocycles. The summed E-state index contributed by atoms with van der Waals surface area (Å²) in [5.74, 6) is -0.891. The Morgan fingerprint density at radius 3 is 2.74 bits per heavy atom. The second-order valence-electron chi connectivity index (χ2n) is 11.1. The Hall–Kier alpha value is -3.01. The molecule has 3 atom stereocenters. The van der Waals surface area contributed by atoms with Crippen LogP contribution < -0.4 is 15.4 Å². The van der Waals surface area contributed by atoms with E-state index in [0.717, 1.165) is 31.2 Å². The number of hydrogen-bond donors (Lipinski definition) is 3. The van der Waals surface area contributed by atoms with Gasteiger partial charge in [0.05, 0.1) is 31.3 Å². The standard InChI is InChI=1S/C33H48FN3O5/c1-4-13-37-14-6-7-15-42-29-18-26(17-28(34)20-29)19-30(36-33(40)27(23-41-3)11-12-32(37)39)31(38)22-35-21-25-10-8-9-24(5-2)16-25/h8-10,16-18,20,27,30-31,35,38H,4-7,11-15,19,21-23H2,1-3H3,(H,36,40)/t27?,30-,31+/m0/s1. The molecule has 42 heavy (non-hydrogen) atoms. The van der Waals surface area contributed by atoms with E-state index < -0.39 is 23.9 Å². The van der Waals surface area contributed by atoms with Crippen molar-refractivity contribution in [2.45, 2.75) is 77.5 Å².